The van der Waals surface area contributed by atoms with Gasteiger partial charge in [0.1, 0.15) is 5.82 Å². The van der Waals surface area contributed by atoms with Gasteiger partial charge in [0, 0.05) is 23.7 Å². The van der Waals surface area contributed by atoms with E-state index in [-0.39, 0.29) is 24.9 Å². The molecule has 0 spiro atoms. The smallest absolute Gasteiger partial charge is 0.263 e. The first-order valence-corrected chi connectivity index (χ1v) is 5.99. The zero-order chi connectivity index (χ0) is 12.4. The third kappa shape index (κ3) is 2.30. The first-order chi connectivity index (χ1) is 8.13. The van der Waals surface area contributed by atoms with Crippen LogP contribution in [0, 0.1) is 5.82 Å². The predicted molar refractivity (Wildman–Crippen MR) is 65.8 cm³/mol. The molecule has 0 atom stereocenters. The molecule has 0 bridgehead atoms. The van der Waals surface area contributed by atoms with Gasteiger partial charge in [-0.25, -0.2) is 4.39 Å². The van der Waals surface area contributed by atoms with Crippen molar-refractivity contribution in [2.24, 2.45) is 0 Å². The number of carbonyl (C=O) groups is 1. The van der Waals surface area contributed by atoms with E-state index in [1.807, 2.05) is 0 Å². The maximum Gasteiger partial charge on any atom is 0.263 e. The van der Waals surface area contributed by atoms with Crippen molar-refractivity contribution in [1.82, 2.24) is 4.90 Å². The molecule has 1 heterocycles. The summed E-state index contributed by atoms with van der Waals surface area (Å²) >= 11 is 1.26. The number of nitrogens with zero attached hydrogens (tertiary/aromatic N) is 1. The minimum Gasteiger partial charge on any atom is -0.395 e. The van der Waals surface area contributed by atoms with Crippen LogP contribution in [0.15, 0.2) is 24.3 Å². The monoisotopic (exact) mass is 253 g/mol. The second kappa shape index (κ2) is 4.81. The highest BCUT2D eigenvalue weighted by Crippen LogP contribution is 2.28. The van der Waals surface area contributed by atoms with Gasteiger partial charge in [0.2, 0.25) is 0 Å². The van der Waals surface area contributed by atoms with Crippen LogP contribution >= 0.6 is 11.3 Å². The molecule has 2 aromatic rings. The molecule has 0 saturated heterocycles. The molecule has 3 nitrogen and oxygen atoms in total. The SMILES string of the molecule is CN(CCO)C(=O)c1cc2c(F)cccc2s1. The molecular weight excluding hydrogens is 241 g/mol. The van der Waals surface area contributed by atoms with Gasteiger partial charge in [-0.3, -0.25) is 4.79 Å². The number of carbonyl (C=O) groups excluding carboxylic acids is 1. The second-order valence-electron chi connectivity index (χ2n) is 3.71. The predicted octanol–water partition coefficient (Wildman–Crippen LogP) is 2.10. The number of hydrogen-bond acceptors (Lipinski definition) is 3. The first kappa shape index (κ1) is 12.0. The lowest BCUT2D eigenvalue weighted by atomic mass is 10.2. The van der Waals surface area contributed by atoms with E-state index < -0.39 is 0 Å². The van der Waals surface area contributed by atoms with Crippen molar-refractivity contribution in [3.05, 3.63) is 35.0 Å². The molecular formula is C12H12FNO2S. The van der Waals surface area contributed by atoms with Gasteiger partial charge in [0.15, 0.2) is 0 Å². The molecule has 0 radical (unpaired) electrons. The first-order valence-electron chi connectivity index (χ1n) is 5.18. The van der Waals surface area contributed by atoms with Crippen LogP contribution in [0.1, 0.15) is 9.67 Å². The Labute approximate surface area is 102 Å². The summed E-state index contributed by atoms with van der Waals surface area (Å²) in [4.78, 5) is 13.8. The van der Waals surface area contributed by atoms with Gasteiger partial charge >= 0.3 is 0 Å². The molecule has 0 unspecified atom stereocenters. The lowest BCUT2D eigenvalue weighted by Crippen LogP contribution is -2.28. The molecule has 0 aliphatic heterocycles. The van der Waals surface area contributed by atoms with E-state index in [1.165, 1.54) is 22.3 Å². The Bertz CT molecular complexity index is 552. The van der Waals surface area contributed by atoms with Gasteiger partial charge in [0.25, 0.3) is 5.91 Å². The fourth-order valence-corrected chi connectivity index (χ4v) is 2.64. The number of amides is 1. The van der Waals surface area contributed by atoms with Crippen LogP contribution in [0.4, 0.5) is 4.39 Å². The molecule has 1 amide bonds. The van der Waals surface area contributed by atoms with E-state index in [0.717, 1.165) is 4.70 Å². The molecule has 1 aromatic carbocycles. The average molecular weight is 253 g/mol. The maximum atomic E-state index is 13.5. The average Bonchev–Trinajstić information content (AvgIpc) is 2.73. The van der Waals surface area contributed by atoms with E-state index in [1.54, 1.807) is 25.2 Å². The second-order valence-corrected chi connectivity index (χ2v) is 4.80. The Balaban J connectivity index is 2.37. The van der Waals surface area contributed by atoms with Crippen molar-refractivity contribution in [1.29, 1.82) is 0 Å². The minimum atomic E-state index is -0.317. The highest BCUT2D eigenvalue weighted by Gasteiger charge is 2.15. The number of hydrogen-bond donors (Lipinski definition) is 1. The van der Waals surface area contributed by atoms with Crippen LogP contribution in [-0.4, -0.2) is 36.1 Å². The molecule has 5 heteroatoms. The number of aliphatic hydroxyl groups excluding tert-OH is 1. The number of halogens is 1. The molecule has 0 saturated carbocycles. The van der Waals surface area contributed by atoms with Crippen LogP contribution in [0.5, 0.6) is 0 Å². The number of aliphatic hydroxyl groups is 1. The molecule has 1 N–H and O–H groups in total. The van der Waals surface area contributed by atoms with Gasteiger partial charge in [-0.1, -0.05) is 6.07 Å². The van der Waals surface area contributed by atoms with Crippen LogP contribution < -0.4 is 0 Å². The molecule has 90 valence electrons. The molecule has 17 heavy (non-hydrogen) atoms. The summed E-state index contributed by atoms with van der Waals surface area (Å²) in [5.41, 5.74) is 0. The highest BCUT2D eigenvalue weighted by atomic mass is 32.1. The molecule has 0 fully saturated rings. The maximum absolute atomic E-state index is 13.5. The zero-order valence-electron chi connectivity index (χ0n) is 9.31. The third-order valence-corrected chi connectivity index (χ3v) is 3.59. The number of fused-ring (bicyclic) bond motifs is 1. The van der Waals surface area contributed by atoms with Gasteiger partial charge < -0.3 is 10.0 Å². The van der Waals surface area contributed by atoms with Gasteiger partial charge in [0.05, 0.1) is 11.5 Å². The number of benzene rings is 1. The van der Waals surface area contributed by atoms with Gasteiger partial charge in [-0.05, 0) is 18.2 Å². The Morgan fingerprint density at radius 3 is 2.94 bits per heavy atom. The fraction of sp³-hybridized carbons (Fsp3) is 0.250. The molecule has 2 rings (SSSR count). The lowest BCUT2D eigenvalue weighted by molar-refractivity contribution is 0.0772. The standard InChI is InChI=1S/C12H12FNO2S/c1-14(5-6-15)12(16)11-7-8-9(13)3-2-4-10(8)17-11/h2-4,7,15H,5-6H2,1H3. The highest BCUT2D eigenvalue weighted by molar-refractivity contribution is 7.20. The summed E-state index contributed by atoms with van der Waals surface area (Å²) in [5, 5.41) is 9.24. The van der Waals surface area contributed by atoms with Crippen LogP contribution in [-0.2, 0) is 0 Å². The zero-order valence-corrected chi connectivity index (χ0v) is 10.1. The number of likely N-dealkylation sites (N-methyl/N-ethyl adjacent to an activating group) is 1. The number of thiophene rings is 1. The van der Waals surface area contributed by atoms with Crippen LogP contribution in [0.2, 0.25) is 0 Å². The minimum absolute atomic E-state index is 0.0818. The fourth-order valence-electron chi connectivity index (χ4n) is 1.57. The molecule has 0 aliphatic rings. The number of rotatable bonds is 3. The van der Waals surface area contributed by atoms with Crippen molar-refractivity contribution in [2.75, 3.05) is 20.2 Å². The summed E-state index contributed by atoms with van der Waals surface area (Å²) in [6, 6.07) is 6.35. The van der Waals surface area contributed by atoms with E-state index in [0.29, 0.717) is 10.3 Å². The van der Waals surface area contributed by atoms with Crippen LogP contribution in [0.3, 0.4) is 0 Å². The van der Waals surface area contributed by atoms with Gasteiger partial charge in [-0.2, -0.15) is 0 Å². The van der Waals surface area contributed by atoms with Gasteiger partial charge in [-0.15, -0.1) is 11.3 Å². The largest absolute Gasteiger partial charge is 0.395 e. The van der Waals surface area contributed by atoms with E-state index >= 15 is 0 Å². The topological polar surface area (TPSA) is 40.5 Å². The van der Waals surface area contributed by atoms with E-state index in [9.17, 15) is 9.18 Å². The third-order valence-electron chi connectivity index (χ3n) is 2.50. The normalized spacial score (nSPS) is 10.8. The quantitative estimate of drug-likeness (QED) is 0.910. The Morgan fingerprint density at radius 1 is 1.53 bits per heavy atom. The Kier molecular flexibility index (Phi) is 3.40. The van der Waals surface area contributed by atoms with Crippen molar-refractivity contribution >= 4 is 27.3 Å². The summed E-state index contributed by atoms with van der Waals surface area (Å²) in [5.74, 6) is -0.512. The molecule has 0 aliphatic carbocycles. The molecule has 1 aromatic heterocycles. The Hall–Kier alpha value is -1.46. The lowest BCUT2D eigenvalue weighted by Gasteiger charge is -2.13. The summed E-state index contributed by atoms with van der Waals surface area (Å²) in [6.45, 7) is 0.192. The summed E-state index contributed by atoms with van der Waals surface area (Å²) in [7, 11) is 1.61. The summed E-state index contributed by atoms with van der Waals surface area (Å²) < 4.78 is 14.2. The van der Waals surface area contributed by atoms with Crippen LogP contribution in [0.25, 0.3) is 10.1 Å². The summed E-state index contributed by atoms with van der Waals surface area (Å²) in [6.07, 6.45) is 0. The van der Waals surface area contributed by atoms with E-state index in [4.69, 9.17) is 5.11 Å². The Morgan fingerprint density at radius 2 is 2.29 bits per heavy atom. The van der Waals surface area contributed by atoms with Crippen molar-refractivity contribution in [3.63, 3.8) is 0 Å². The van der Waals surface area contributed by atoms with E-state index in [2.05, 4.69) is 0 Å². The van der Waals surface area contributed by atoms with Crippen molar-refractivity contribution in [2.45, 2.75) is 0 Å². The van der Waals surface area contributed by atoms with Crippen molar-refractivity contribution < 1.29 is 14.3 Å². The van der Waals surface area contributed by atoms with Crippen molar-refractivity contribution in [3.8, 4) is 0 Å².